The summed E-state index contributed by atoms with van der Waals surface area (Å²) in [6.07, 6.45) is 3.69. The molecular formula is C19H25N3O. The minimum atomic E-state index is -0.681. The summed E-state index contributed by atoms with van der Waals surface area (Å²) in [6, 6.07) is 16.3. The second-order valence-corrected chi connectivity index (χ2v) is 6.60. The van der Waals surface area contributed by atoms with Gasteiger partial charge < -0.3 is 14.9 Å². The van der Waals surface area contributed by atoms with Gasteiger partial charge in [0.15, 0.2) is 0 Å². The van der Waals surface area contributed by atoms with Crippen molar-refractivity contribution in [2.24, 2.45) is 0 Å². The van der Waals surface area contributed by atoms with Crippen LogP contribution >= 0.6 is 0 Å². The van der Waals surface area contributed by atoms with Gasteiger partial charge in [-0.3, -0.25) is 0 Å². The zero-order valence-electron chi connectivity index (χ0n) is 13.7. The molecule has 4 heteroatoms. The number of benzene rings is 1. The number of hydrogen-bond acceptors (Lipinski definition) is 4. The third-order valence-electron chi connectivity index (χ3n) is 4.42. The first-order valence-corrected chi connectivity index (χ1v) is 8.25. The maximum absolute atomic E-state index is 11.0. The van der Waals surface area contributed by atoms with Crippen molar-refractivity contribution < 1.29 is 5.11 Å². The van der Waals surface area contributed by atoms with Crippen LogP contribution in [0.4, 0.5) is 5.82 Å². The molecule has 0 aliphatic carbocycles. The number of hydrogen-bond donors (Lipinski definition) is 1. The van der Waals surface area contributed by atoms with Crippen molar-refractivity contribution in [2.75, 3.05) is 31.6 Å². The first kappa shape index (κ1) is 16.0. The Balaban J connectivity index is 1.80. The monoisotopic (exact) mass is 311 g/mol. The molecule has 3 rings (SSSR count). The van der Waals surface area contributed by atoms with Crippen LogP contribution in [-0.2, 0) is 6.54 Å². The van der Waals surface area contributed by atoms with E-state index in [1.165, 1.54) is 5.56 Å². The Bertz CT molecular complexity index is 605. The van der Waals surface area contributed by atoms with Gasteiger partial charge in [0.2, 0.25) is 0 Å². The Morgan fingerprint density at radius 3 is 2.65 bits per heavy atom. The number of piperidine rings is 1. The van der Waals surface area contributed by atoms with Gasteiger partial charge in [-0.05, 0) is 44.1 Å². The predicted octanol–water partition coefficient (Wildman–Crippen LogP) is 2.54. The molecule has 1 aliphatic heterocycles. The lowest BCUT2D eigenvalue weighted by molar-refractivity contribution is -0.0168. The van der Waals surface area contributed by atoms with E-state index < -0.39 is 5.60 Å². The van der Waals surface area contributed by atoms with Crippen LogP contribution in [-0.4, -0.2) is 47.3 Å². The van der Waals surface area contributed by atoms with E-state index in [0.29, 0.717) is 13.1 Å². The van der Waals surface area contributed by atoms with Gasteiger partial charge in [-0.1, -0.05) is 36.4 Å². The quantitative estimate of drug-likeness (QED) is 0.921. The van der Waals surface area contributed by atoms with Gasteiger partial charge in [0, 0.05) is 25.8 Å². The van der Waals surface area contributed by atoms with Crippen LogP contribution in [0, 0.1) is 0 Å². The van der Waals surface area contributed by atoms with Gasteiger partial charge in [-0.25, -0.2) is 4.98 Å². The average molecular weight is 311 g/mol. The molecule has 0 bridgehead atoms. The van der Waals surface area contributed by atoms with Crippen molar-refractivity contribution >= 4 is 5.82 Å². The molecule has 1 saturated heterocycles. The summed E-state index contributed by atoms with van der Waals surface area (Å²) < 4.78 is 0. The molecule has 0 spiro atoms. The summed E-state index contributed by atoms with van der Waals surface area (Å²) in [4.78, 5) is 8.89. The predicted molar refractivity (Wildman–Crippen MR) is 93.4 cm³/mol. The molecule has 23 heavy (non-hydrogen) atoms. The SMILES string of the molecule is CN1CCC[C@@](O)(CN(Cc2ccccc2)c2ccccn2)C1. The second-order valence-electron chi connectivity index (χ2n) is 6.60. The van der Waals surface area contributed by atoms with E-state index in [2.05, 4.69) is 46.1 Å². The molecule has 0 unspecified atom stereocenters. The van der Waals surface area contributed by atoms with Crippen LogP contribution in [0.1, 0.15) is 18.4 Å². The molecule has 4 nitrogen and oxygen atoms in total. The fourth-order valence-electron chi connectivity index (χ4n) is 3.39. The first-order chi connectivity index (χ1) is 11.1. The Hall–Kier alpha value is -1.91. The van der Waals surface area contributed by atoms with Gasteiger partial charge >= 0.3 is 0 Å². The molecule has 0 radical (unpaired) electrons. The summed E-state index contributed by atoms with van der Waals surface area (Å²) in [5.41, 5.74) is 0.546. The van der Waals surface area contributed by atoms with Gasteiger partial charge in [0.25, 0.3) is 0 Å². The number of β-amino-alcohol motifs (C(OH)–C–C–N with tert-alkyl or cyclic N) is 1. The number of aromatic nitrogens is 1. The van der Waals surface area contributed by atoms with Crippen LogP contribution < -0.4 is 4.90 Å². The van der Waals surface area contributed by atoms with Crippen LogP contribution in [0.25, 0.3) is 0 Å². The number of pyridine rings is 1. The summed E-state index contributed by atoms with van der Waals surface area (Å²) in [6.45, 7) is 3.13. The number of likely N-dealkylation sites (N-methyl/N-ethyl adjacent to an activating group) is 1. The van der Waals surface area contributed by atoms with E-state index in [1.807, 2.05) is 30.5 Å². The zero-order valence-corrected chi connectivity index (χ0v) is 13.7. The molecule has 1 N–H and O–H groups in total. The highest BCUT2D eigenvalue weighted by Gasteiger charge is 2.34. The Kier molecular flexibility index (Phi) is 4.94. The van der Waals surface area contributed by atoms with Crippen molar-refractivity contribution in [3.8, 4) is 0 Å². The lowest BCUT2D eigenvalue weighted by atomic mass is 9.92. The fourth-order valence-corrected chi connectivity index (χ4v) is 3.39. The standard InChI is InChI=1S/C19H25N3O/c1-21-13-7-11-19(23,15-21)16-22(18-10-5-6-12-20-18)14-17-8-3-2-4-9-17/h2-6,8-10,12,23H,7,11,13-16H2,1H3/t19-/m0/s1. The molecule has 0 amide bonds. The lowest BCUT2D eigenvalue weighted by Gasteiger charge is -2.41. The maximum atomic E-state index is 11.0. The average Bonchev–Trinajstić information content (AvgIpc) is 2.55. The number of anilines is 1. The van der Waals surface area contributed by atoms with Crippen LogP contribution in [0.3, 0.4) is 0 Å². The van der Waals surface area contributed by atoms with Crippen molar-refractivity contribution in [3.63, 3.8) is 0 Å². The highest BCUT2D eigenvalue weighted by Crippen LogP contribution is 2.24. The fraction of sp³-hybridized carbons (Fsp3) is 0.421. The van der Waals surface area contributed by atoms with Crippen LogP contribution in [0.5, 0.6) is 0 Å². The summed E-state index contributed by atoms with van der Waals surface area (Å²) >= 11 is 0. The Morgan fingerprint density at radius 1 is 1.17 bits per heavy atom. The molecule has 1 aromatic heterocycles. The molecule has 0 saturated carbocycles. The second kappa shape index (κ2) is 7.11. The molecular weight excluding hydrogens is 286 g/mol. The minimum Gasteiger partial charge on any atom is -0.387 e. The van der Waals surface area contributed by atoms with Gasteiger partial charge in [-0.2, -0.15) is 0 Å². The molecule has 1 aliphatic rings. The first-order valence-electron chi connectivity index (χ1n) is 8.25. The maximum Gasteiger partial charge on any atom is 0.128 e. The van der Waals surface area contributed by atoms with Gasteiger partial charge in [0.05, 0.1) is 5.60 Å². The van der Waals surface area contributed by atoms with Crippen molar-refractivity contribution in [1.82, 2.24) is 9.88 Å². The molecule has 1 aromatic carbocycles. The van der Waals surface area contributed by atoms with Crippen molar-refractivity contribution in [3.05, 3.63) is 60.3 Å². The zero-order chi connectivity index (χ0) is 16.1. The van der Waals surface area contributed by atoms with Crippen LogP contribution in [0.2, 0.25) is 0 Å². The third kappa shape index (κ3) is 4.30. The summed E-state index contributed by atoms with van der Waals surface area (Å²) in [5.74, 6) is 0.915. The molecule has 1 atom stereocenters. The minimum absolute atomic E-state index is 0.600. The topological polar surface area (TPSA) is 39.6 Å². The third-order valence-corrected chi connectivity index (χ3v) is 4.42. The number of rotatable bonds is 5. The van der Waals surface area contributed by atoms with Gasteiger partial charge in [0.1, 0.15) is 5.82 Å². The summed E-state index contributed by atoms with van der Waals surface area (Å²) in [5, 5.41) is 11.0. The normalized spacial score (nSPS) is 22.0. The van der Waals surface area contributed by atoms with E-state index >= 15 is 0 Å². The number of likely N-dealkylation sites (tertiary alicyclic amines) is 1. The molecule has 2 heterocycles. The Morgan fingerprint density at radius 2 is 1.96 bits per heavy atom. The van der Waals surface area contributed by atoms with Gasteiger partial charge in [-0.15, -0.1) is 0 Å². The highest BCUT2D eigenvalue weighted by atomic mass is 16.3. The lowest BCUT2D eigenvalue weighted by Crippen LogP contribution is -2.53. The van der Waals surface area contributed by atoms with Crippen molar-refractivity contribution in [2.45, 2.75) is 25.0 Å². The number of aliphatic hydroxyl groups is 1. The van der Waals surface area contributed by atoms with E-state index in [0.717, 1.165) is 31.7 Å². The van der Waals surface area contributed by atoms with E-state index in [4.69, 9.17) is 0 Å². The smallest absolute Gasteiger partial charge is 0.128 e. The van der Waals surface area contributed by atoms with E-state index in [9.17, 15) is 5.11 Å². The molecule has 122 valence electrons. The highest BCUT2D eigenvalue weighted by molar-refractivity contribution is 5.40. The molecule has 1 fully saturated rings. The van der Waals surface area contributed by atoms with Crippen LogP contribution in [0.15, 0.2) is 54.7 Å². The van der Waals surface area contributed by atoms with E-state index in [1.54, 1.807) is 0 Å². The van der Waals surface area contributed by atoms with E-state index in [-0.39, 0.29) is 0 Å². The number of nitrogens with zero attached hydrogens (tertiary/aromatic N) is 3. The largest absolute Gasteiger partial charge is 0.387 e. The van der Waals surface area contributed by atoms with Crippen molar-refractivity contribution in [1.29, 1.82) is 0 Å². The summed E-state index contributed by atoms with van der Waals surface area (Å²) in [7, 11) is 2.08. The molecule has 2 aromatic rings. The Labute approximate surface area is 138 Å².